The summed E-state index contributed by atoms with van der Waals surface area (Å²) in [7, 11) is 0. The molecule has 0 atom stereocenters. The van der Waals surface area contributed by atoms with Crippen molar-refractivity contribution in [2.24, 2.45) is 0 Å². The summed E-state index contributed by atoms with van der Waals surface area (Å²) in [5, 5.41) is 15.1. The van der Waals surface area contributed by atoms with Gasteiger partial charge < -0.3 is 26.6 Å². The lowest BCUT2D eigenvalue weighted by molar-refractivity contribution is -0.137. The normalized spacial score (nSPS) is 13.1. The highest BCUT2D eigenvalue weighted by atomic mass is 19.4. The SMILES string of the molecule is O=C(CNC1CC1)Nc1ccc2ncnc(Nc3ccc(NC(=O)Nc4ccc(C(F)(F)F)cc4)cc3)c2c1. The number of nitrogens with zero attached hydrogens (tertiary/aromatic N) is 2. The summed E-state index contributed by atoms with van der Waals surface area (Å²) in [6.45, 7) is 0.252. The van der Waals surface area contributed by atoms with Gasteiger partial charge in [-0.3, -0.25) is 4.79 Å². The quantitative estimate of drug-likeness (QED) is 0.197. The summed E-state index contributed by atoms with van der Waals surface area (Å²) in [6, 6.07) is 16.2. The van der Waals surface area contributed by atoms with E-state index in [0.29, 0.717) is 39.8 Å². The van der Waals surface area contributed by atoms with Crippen LogP contribution < -0.4 is 26.6 Å². The molecule has 3 amide bonds. The third kappa shape index (κ3) is 6.99. The second kappa shape index (κ2) is 11.0. The predicted molar refractivity (Wildman–Crippen MR) is 143 cm³/mol. The van der Waals surface area contributed by atoms with Crippen LogP contribution in [0.5, 0.6) is 0 Å². The molecule has 0 bridgehead atoms. The van der Waals surface area contributed by atoms with Crippen molar-refractivity contribution >= 4 is 51.4 Å². The number of anilines is 5. The van der Waals surface area contributed by atoms with Crippen LogP contribution in [-0.2, 0) is 11.0 Å². The number of carbonyl (C=O) groups is 2. The summed E-state index contributed by atoms with van der Waals surface area (Å²) in [6.07, 6.45) is -0.811. The lowest BCUT2D eigenvalue weighted by Crippen LogP contribution is -2.29. The van der Waals surface area contributed by atoms with Crippen molar-refractivity contribution in [2.45, 2.75) is 25.1 Å². The lowest BCUT2D eigenvalue weighted by atomic mass is 10.2. The fraction of sp³-hybridized carbons (Fsp3) is 0.185. The van der Waals surface area contributed by atoms with Crippen LogP contribution in [0.1, 0.15) is 18.4 Å². The van der Waals surface area contributed by atoms with Crippen LogP contribution in [0.25, 0.3) is 10.9 Å². The Hall–Kier alpha value is -4.71. The second-order valence-corrected chi connectivity index (χ2v) is 9.01. The first kappa shape index (κ1) is 25.9. The van der Waals surface area contributed by atoms with Gasteiger partial charge in [-0.2, -0.15) is 13.2 Å². The number of aromatic nitrogens is 2. The Kier molecular flexibility index (Phi) is 7.28. The average molecular weight is 536 g/mol. The second-order valence-electron chi connectivity index (χ2n) is 9.01. The Morgan fingerprint density at radius 2 is 1.41 bits per heavy atom. The molecule has 1 aliphatic carbocycles. The van der Waals surface area contributed by atoms with E-state index in [9.17, 15) is 22.8 Å². The molecule has 1 fully saturated rings. The summed E-state index contributed by atoms with van der Waals surface area (Å²) in [5.41, 5.74) is 1.91. The van der Waals surface area contributed by atoms with Crippen molar-refractivity contribution in [1.29, 1.82) is 0 Å². The zero-order valence-corrected chi connectivity index (χ0v) is 20.5. The molecule has 0 radical (unpaired) electrons. The van der Waals surface area contributed by atoms with Crippen molar-refractivity contribution < 1.29 is 22.8 Å². The number of amides is 3. The van der Waals surface area contributed by atoms with Gasteiger partial charge in [0.15, 0.2) is 0 Å². The Bertz CT molecular complexity index is 1490. The number of alkyl halides is 3. The molecule has 12 heteroatoms. The number of fused-ring (bicyclic) bond motifs is 1. The fourth-order valence-corrected chi connectivity index (χ4v) is 3.77. The van der Waals surface area contributed by atoms with Gasteiger partial charge in [0.2, 0.25) is 5.91 Å². The van der Waals surface area contributed by atoms with Crippen LogP contribution in [0.4, 0.5) is 46.5 Å². The summed E-state index contributed by atoms with van der Waals surface area (Å²) < 4.78 is 38.1. The number of benzene rings is 3. The Morgan fingerprint density at radius 1 is 0.795 bits per heavy atom. The minimum absolute atomic E-state index is 0.127. The highest BCUT2D eigenvalue weighted by molar-refractivity contribution is 6.00. The molecule has 0 unspecified atom stereocenters. The number of hydrogen-bond donors (Lipinski definition) is 5. The molecule has 5 rings (SSSR count). The van der Waals surface area contributed by atoms with Crippen LogP contribution in [0.2, 0.25) is 0 Å². The Morgan fingerprint density at radius 3 is 2.05 bits per heavy atom. The first-order valence-electron chi connectivity index (χ1n) is 12.1. The molecule has 1 heterocycles. The number of halogens is 3. The van der Waals surface area contributed by atoms with Crippen molar-refractivity contribution in [3.8, 4) is 0 Å². The minimum atomic E-state index is -4.44. The van der Waals surface area contributed by atoms with Gasteiger partial charge in [-0.15, -0.1) is 0 Å². The summed E-state index contributed by atoms with van der Waals surface area (Å²) in [4.78, 5) is 33.1. The third-order valence-electron chi connectivity index (χ3n) is 5.92. The van der Waals surface area contributed by atoms with Gasteiger partial charge in [0.05, 0.1) is 17.6 Å². The predicted octanol–water partition coefficient (Wildman–Crippen LogP) is 5.73. The maximum atomic E-state index is 12.7. The van der Waals surface area contributed by atoms with E-state index in [4.69, 9.17) is 0 Å². The van der Waals surface area contributed by atoms with Gasteiger partial charge in [-0.25, -0.2) is 14.8 Å². The van der Waals surface area contributed by atoms with Gasteiger partial charge in [0.25, 0.3) is 0 Å². The Balaban J connectivity index is 1.20. The van der Waals surface area contributed by atoms with E-state index in [2.05, 4.69) is 36.6 Å². The number of rotatable bonds is 8. The van der Waals surface area contributed by atoms with Gasteiger partial charge >= 0.3 is 12.2 Å². The monoisotopic (exact) mass is 535 g/mol. The van der Waals surface area contributed by atoms with Crippen molar-refractivity contribution in [3.63, 3.8) is 0 Å². The fourth-order valence-electron chi connectivity index (χ4n) is 3.77. The maximum absolute atomic E-state index is 12.7. The molecular formula is C27H24F3N7O2. The van der Waals surface area contributed by atoms with E-state index in [0.717, 1.165) is 25.0 Å². The first-order valence-corrected chi connectivity index (χ1v) is 12.1. The van der Waals surface area contributed by atoms with E-state index in [1.54, 1.807) is 42.5 Å². The zero-order valence-electron chi connectivity index (χ0n) is 20.5. The van der Waals surface area contributed by atoms with Crippen molar-refractivity contribution in [2.75, 3.05) is 27.8 Å². The molecular weight excluding hydrogens is 511 g/mol. The smallest absolute Gasteiger partial charge is 0.340 e. The molecule has 0 aliphatic heterocycles. The van der Waals surface area contributed by atoms with Gasteiger partial charge in [0, 0.05) is 34.2 Å². The molecule has 3 aromatic carbocycles. The largest absolute Gasteiger partial charge is 0.416 e. The van der Waals surface area contributed by atoms with Crippen LogP contribution in [-0.4, -0.2) is 34.5 Å². The maximum Gasteiger partial charge on any atom is 0.416 e. The molecule has 0 saturated heterocycles. The molecule has 1 aromatic heterocycles. The van der Waals surface area contributed by atoms with E-state index in [1.165, 1.54) is 18.5 Å². The highest BCUT2D eigenvalue weighted by Crippen LogP contribution is 2.30. The molecule has 200 valence electrons. The summed E-state index contributed by atoms with van der Waals surface area (Å²) >= 11 is 0. The van der Waals surface area contributed by atoms with Gasteiger partial charge in [-0.05, 0) is 79.6 Å². The van der Waals surface area contributed by atoms with E-state index < -0.39 is 17.8 Å². The van der Waals surface area contributed by atoms with Crippen LogP contribution in [0.3, 0.4) is 0 Å². The molecule has 4 aromatic rings. The third-order valence-corrected chi connectivity index (χ3v) is 5.92. The summed E-state index contributed by atoms with van der Waals surface area (Å²) in [5.74, 6) is 0.408. The average Bonchev–Trinajstić information content (AvgIpc) is 3.73. The van der Waals surface area contributed by atoms with Crippen LogP contribution >= 0.6 is 0 Å². The Labute approximate surface area is 221 Å². The number of nitrogens with one attached hydrogen (secondary N) is 5. The van der Waals surface area contributed by atoms with Crippen LogP contribution in [0.15, 0.2) is 73.1 Å². The molecule has 5 N–H and O–H groups in total. The molecule has 0 spiro atoms. The molecule has 39 heavy (non-hydrogen) atoms. The standard InChI is InChI=1S/C27H24F3N7O2/c28-27(29,30)16-1-3-19(4-2-16)36-26(39)37-20-9-7-18(8-10-20)35-25-22-13-21(11-12-23(22)32-15-33-25)34-24(38)14-31-17-5-6-17/h1-4,7-13,15,17,31H,5-6,14H2,(H,34,38)(H,32,33,35)(H2,36,37,39). The number of carbonyl (C=O) groups excluding carboxylic acids is 2. The molecule has 1 saturated carbocycles. The van der Waals surface area contributed by atoms with E-state index in [-0.39, 0.29) is 18.1 Å². The first-order chi connectivity index (χ1) is 18.7. The van der Waals surface area contributed by atoms with Crippen molar-refractivity contribution in [1.82, 2.24) is 15.3 Å². The topological polar surface area (TPSA) is 120 Å². The minimum Gasteiger partial charge on any atom is -0.340 e. The number of hydrogen-bond acceptors (Lipinski definition) is 6. The number of urea groups is 1. The van der Waals surface area contributed by atoms with Crippen molar-refractivity contribution in [3.05, 3.63) is 78.6 Å². The van der Waals surface area contributed by atoms with Gasteiger partial charge in [0.1, 0.15) is 12.1 Å². The van der Waals surface area contributed by atoms with Gasteiger partial charge in [-0.1, -0.05) is 0 Å². The van der Waals surface area contributed by atoms with E-state index in [1.807, 2.05) is 0 Å². The van der Waals surface area contributed by atoms with Crippen LogP contribution in [0, 0.1) is 0 Å². The van der Waals surface area contributed by atoms with E-state index >= 15 is 0 Å². The molecule has 1 aliphatic rings. The lowest BCUT2D eigenvalue weighted by Gasteiger charge is -2.12. The zero-order chi connectivity index (χ0) is 27.4. The molecule has 9 nitrogen and oxygen atoms in total. The highest BCUT2D eigenvalue weighted by Gasteiger charge is 2.30.